The molecule has 0 saturated heterocycles. The summed E-state index contributed by atoms with van der Waals surface area (Å²) in [6.07, 6.45) is -5.00. The molecule has 34 heavy (non-hydrogen) atoms. The minimum Gasteiger partial charge on any atom is -0.448 e. The number of aromatic nitrogens is 2. The number of allylic oxidation sites excluding steroid dienone is 1. The van der Waals surface area contributed by atoms with E-state index in [2.05, 4.69) is 17.0 Å². The molecule has 1 N–H and O–H groups in total. The Labute approximate surface area is 192 Å². The van der Waals surface area contributed by atoms with Crippen LogP contribution in [0.2, 0.25) is 5.02 Å². The molecule has 9 nitrogen and oxygen atoms in total. The summed E-state index contributed by atoms with van der Waals surface area (Å²) in [6, 6.07) is 5.95. The normalized spacial score (nSPS) is 11.1. The number of ether oxygens (including phenoxy) is 1. The Morgan fingerprint density at radius 2 is 1.91 bits per heavy atom. The lowest BCUT2D eigenvalue weighted by molar-refractivity contribution is -0.385. The van der Waals surface area contributed by atoms with Gasteiger partial charge in [0, 0.05) is 23.9 Å². The molecule has 0 amide bonds. The molecular formula is C20H13ClF4N4O5. The molecule has 0 aliphatic heterocycles. The first-order chi connectivity index (χ1) is 15.9. The molecule has 0 fully saturated rings. The fraction of sp³-hybridized carbons (Fsp3) is 0.100. The van der Waals surface area contributed by atoms with E-state index < -0.39 is 45.6 Å². The molecule has 0 bridgehead atoms. The molecular weight excluding hydrogens is 488 g/mol. The fourth-order valence-corrected chi connectivity index (χ4v) is 2.80. The Morgan fingerprint density at radius 1 is 1.24 bits per heavy atom. The van der Waals surface area contributed by atoms with Crippen LogP contribution < -0.4 is 20.6 Å². The molecule has 3 aromatic rings. The van der Waals surface area contributed by atoms with E-state index in [9.17, 15) is 32.5 Å². The van der Waals surface area contributed by atoms with Gasteiger partial charge in [-0.25, -0.2) is 14.4 Å². The summed E-state index contributed by atoms with van der Waals surface area (Å²) in [4.78, 5) is 31.2. The highest BCUT2D eigenvalue weighted by Gasteiger charge is 2.35. The minimum absolute atomic E-state index is 0.134. The predicted octanol–water partition coefficient (Wildman–Crippen LogP) is 5.16. The first-order valence-corrected chi connectivity index (χ1v) is 9.46. The smallest absolute Gasteiger partial charge is 0.433 e. The van der Waals surface area contributed by atoms with Gasteiger partial charge in [0.15, 0.2) is 5.69 Å². The first-order valence-electron chi connectivity index (χ1n) is 9.09. The molecule has 0 aliphatic rings. The van der Waals surface area contributed by atoms with Gasteiger partial charge >= 0.3 is 17.9 Å². The summed E-state index contributed by atoms with van der Waals surface area (Å²) in [6.45, 7) is 4.84. The van der Waals surface area contributed by atoms with Crippen molar-refractivity contribution in [2.45, 2.75) is 13.1 Å². The lowest BCUT2D eigenvalue weighted by Crippen LogP contribution is -2.29. The maximum absolute atomic E-state index is 14.8. The van der Waals surface area contributed by atoms with Gasteiger partial charge in [0.2, 0.25) is 5.75 Å². The Morgan fingerprint density at radius 3 is 2.53 bits per heavy atom. The lowest BCUT2D eigenvalue weighted by Gasteiger charge is -2.17. The van der Waals surface area contributed by atoms with E-state index >= 15 is 0 Å². The second kappa shape index (κ2) is 9.39. The van der Waals surface area contributed by atoms with E-state index in [-0.39, 0.29) is 28.3 Å². The van der Waals surface area contributed by atoms with Crippen molar-refractivity contribution in [1.29, 1.82) is 0 Å². The first kappa shape index (κ1) is 24.5. The minimum atomic E-state index is -5.00. The predicted molar refractivity (Wildman–Crippen MR) is 112 cm³/mol. The number of para-hydroxylation sites is 2. The molecule has 0 saturated carbocycles. The number of nitro benzene ring substituents is 1. The number of hydrogen-bond acceptors (Lipinski definition) is 7. The van der Waals surface area contributed by atoms with Crippen LogP contribution in [0.3, 0.4) is 0 Å². The molecule has 0 unspecified atom stereocenters. The zero-order valence-electron chi connectivity index (χ0n) is 17.0. The molecule has 0 radical (unpaired) electrons. The van der Waals surface area contributed by atoms with E-state index in [1.54, 1.807) is 0 Å². The van der Waals surface area contributed by atoms with Gasteiger partial charge in [-0.15, -0.1) is 0 Å². The number of rotatable bonds is 7. The standard InChI is InChI=1S/C20H13ClF4N4O5/c1-10(2)27-34-19-26-17(20(23,24)25)9-18(30)28(19)14-8-16(11(21)7-12(14)22)33-15-6-4-3-5-13(15)29(31)32/h3-9,27H,1H2,2H3. The van der Waals surface area contributed by atoms with Crippen molar-refractivity contribution in [2.75, 3.05) is 0 Å². The third kappa shape index (κ3) is 5.26. The van der Waals surface area contributed by atoms with Crippen molar-refractivity contribution in [3.63, 3.8) is 0 Å². The Balaban J connectivity index is 2.19. The van der Waals surface area contributed by atoms with Crippen LogP contribution >= 0.6 is 11.6 Å². The highest BCUT2D eigenvalue weighted by Crippen LogP contribution is 2.37. The van der Waals surface area contributed by atoms with Crippen molar-refractivity contribution in [3.05, 3.63) is 91.7 Å². The van der Waals surface area contributed by atoms with Crippen molar-refractivity contribution < 1.29 is 32.1 Å². The van der Waals surface area contributed by atoms with Crippen molar-refractivity contribution in [1.82, 2.24) is 15.0 Å². The third-order valence-electron chi connectivity index (χ3n) is 4.02. The van der Waals surface area contributed by atoms with E-state index in [0.29, 0.717) is 10.6 Å². The topological polar surface area (TPSA) is 109 Å². The lowest BCUT2D eigenvalue weighted by atomic mass is 10.2. The number of nitrogens with one attached hydrogen (secondary N) is 1. The fourth-order valence-electron chi connectivity index (χ4n) is 2.61. The molecule has 3 rings (SSSR count). The zero-order chi connectivity index (χ0) is 25.2. The molecule has 178 valence electrons. The van der Waals surface area contributed by atoms with Gasteiger partial charge in [-0.2, -0.15) is 18.2 Å². The SMILES string of the molecule is C=C(C)NOc1nc(C(F)(F)F)cc(=O)n1-c1cc(Oc2ccccc2[N+](=O)[O-])c(Cl)cc1F. The number of hydroxylamine groups is 1. The molecule has 14 heteroatoms. The molecule has 0 atom stereocenters. The average Bonchev–Trinajstić information content (AvgIpc) is 2.74. The van der Waals surface area contributed by atoms with Crippen LogP contribution in [0.25, 0.3) is 5.69 Å². The van der Waals surface area contributed by atoms with E-state index in [0.717, 1.165) is 12.1 Å². The number of benzene rings is 2. The molecule has 0 spiro atoms. The van der Waals surface area contributed by atoms with E-state index in [1.807, 2.05) is 0 Å². The van der Waals surface area contributed by atoms with Crippen molar-refractivity contribution in [3.8, 4) is 23.2 Å². The van der Waals surface area contributed by atoms with Crippen LogP contribution in [-0.2, 0) is 6.18 Å². The zero-order valence-corrected chi connectivity index (χ0v) is 17.8. The summed E-state index contributed by atoms with van der Waals surface area (Å²) < 4.78 is 60.1. The molecule has 1 aromatic heterocycles. The summed E-state index contributed by atoms with van der Waals surface area (Å²) in [5, 5.41) is 10.9. The Kier molecular flexibility index (Phi) is 6.77. The Bertz CT molecular complexity index is 1340. The van der Waals surface area contributed by atoms with Gasteiger partial charge in [-0.05, 0) is 19.1 Å². The molecule has 1 heterocycles. The van der Waals surface area contributed by atoms with Crippen LogP contribution in [0.15, 0.2) is 59.5 Å². The summed E-state index contributed by atoms with van der Waals surface area (Å²) in [5.74, 6) is -1.74. The number of hydrogen-bond donors (Lipinski definition) is 1. The largest absolute Gasteiger partial charge is 0.448 e. The number of alkyl halides is 3. The summed E-state index contributed by atoms with van der Waals surface area (Å²) >= 11 is 6.00. The molecule has 2 aromatic carbocycles. The van der Waals surface area contributed by atoms with Gasteiger partial charge in [0.1, 0.15) is 11.6 Å². The van der Waals surface area contributed by atoms with Gasteiger partial charge in [0.05, 0.1) is 15.6 Å². The van der Waals surface area contributed by atoms with Crippen molar-refractivity contribution >= 4 is 17.3 Å². The monoisotopic (exact) mass is 500 g/mol. The highest BCUT2D eigenvalue weighted by molar-refractivity contribution is 6.32. The number of halogens is 5. The van der Waals surface area contributed by atoms with Crippen LogP contribution in [0, 0.1) is 15.9 Å². The van der Waals surface area contributed by atoms with E-state index in [1.165, 1.54) is 25.1 Å². The van der Waals surface area contributed by atoms with Crippen LogP contribution in [-0.4, -0.2) is 14.5 Å². The van der Waals surface area contributed by atoms with Gasteiger partial charge < -0.3 is 9.57 Å². The summed E-state index contributed by atoms with van der Waals surface area (Å²) in [7, 11) is 0. The van der Waals surface area contributed by atoms with Crippen LogP contribution in [0.5, 0.6) is 17.5 Å². The van der Waals surface area contributed by atoms with Crippen LogP contribution in [0.4, 0.5) is 23.2 Å². The maximum atomic E-state index is 14.8. The van der Waals surface area contributed by atoms with Gasteiger partial charge in [-0.1, -0.05) is 30.3 Å². The number of nitro groups is 1. The van der Waals surface area contributed by atoms with Gasteiger partial charge in [-0.3, -0.25) is 14.9 Å². The maximum Gasteiger partial charge on any atom is 0.433 e. The van der Waals surface area contributed by atoms with Crippen molar-refractivity contribution in [2.24, 2.45) is 0 Å². The van der Waals surface area contributed by atoms with Gasteiger partial charge in [0.25, 0.3) is 5.56 Å². The third-order valence-corrected chi connectivity index (χ3v) is 4.31. The number of nitrogens with zero attached hydrogens (tertiary/aromatic N) is 3. The quantitative estimate of drug-likeness (QED) is 0.271. The Hall–Kier alpha value is -4.13. The second-order valence-electron chi connectivity index (χ2n) is 6.64. The average molecular weight is 501 g/mol. The van der Waals surface area contributed by atoms with Crippen LogP contribution in [0.1, 0.15) is 12.6 Å². The van der Waals surface area contributed by atoms with E-state index in [4.69, 9.17) is 21.2 Å². The second-order valence-corrected chi connectivity index (χ2v) is 7.05. The highest BCUT2D eigenvalue weighted by atomic mass is 35.5. The summed E-state index contributed by atoms with van der Waals surface area (Å²) in [5.41, 5.74) is -1.74. The molecule has 0 aliphatic carbocycles.